The lowest BCUT2D eigenvalue weighted by Gasteiger charge is -2.06. The summed E-state index contributed by atoms with van der Waals surface area (Å²) < 4.78 is 0. The van der Waals surface area contributed by atoms with Crippen molar-refractivity contribution in [3.05, 3.63) is 83.9 Å². The minimum atomic E-state index is 0.686. The molecular weight excluding hydrogens is 290 g/mol. The Morgan fingerprint density at radius 3 is 2.25 bits per heavy atom. The Morgan fingerprint density at radius 1 is 0.875 bits per heavy atom. The van der Waals surface area contributed by atoms with Crippen molar-refractivity contribution in [3.63, 3.8) is 0 Å². The second kappa shape index (κ2) is 11.6. The molecule has 0 spiro atoms. The summed E-state index contributed by atoms with van der Waals surface area (Å²) in [7, 11) is 0. The molecule has 1 nitrogen and oxygen atoms in total. The lowest BCUT2D eigenvalue weighted by molar-refractivity contribution is 0.602. The second-order valence-electron chi connectivity index (χ2n) is 6.59. The quantitative estimate of drug-likeness (QED) is 0.409. The fourth-order valence-corrected chi connectivity index (χ4v) is 2.87. The summed E-state index contributed by atoms with van der Waals surface area (Å²) in [6.07, 6.45) is 10.9. The van der Waals surface area contributed by atoms with Crippen LogP contribution in [0.2, 0.25) is 0 Å². The van der Waals surface area contributed by atoms with Crippen molar-refractivity contribution in [2.45, 2.75) is 45.6 Å². The zero-order valence-electron chi connectivity index (χ0n) is 15.0. The van der Waals surface area contributed by atoms with Gasteiger partial charge in [0.2, 0.25) is 0 Å². The molecule has 1 unspecified atom stereocenters. The molecule has 0 heterocycles. The summed E-state index contributed by atoms with van der Waals surface area (Å²) in [6.45, 7) is 4.39. The summed E-state index contributed by atoms with van der Waals surface area (Å²) in [5.74, 6) is 0.686. The first-order valence-corrected chi connectivity index (χ1v) is 9.30. The van der Waals surface area contributed by atoms with E-state index in [0.717, 1.165) is 13.1 Å². The Labute approximate surface area is 147 Å². The SMILES string of the molecule is CC(C=CCCCNCc1ccccc1)CCCc1ccccc1. The van der Waals surface area contributed by atoms with Crippen LogP contribution in [-0.2, 0) is 13.0 Å². The van der Waals surface area contributed by atoms with Crippen LogP contribution in [0, 0.1) is 5.92 Å². The normalized spacial score (nSPS) is 12.5. The molecule has 0 amide bonds. The van der Waals surface area contributed by atoms with E-state index in [1.54, 1.807) is 0 Å². The van der Waals surface area contributed by atoms with Gasteiger partial charge in [0.25, 0.3) is 0 Å². The lowest BCUT2D eigenvalue weighted by atomic mass is 10.0. The highest BCUT2D eigenvalue weighted by Gasteiger charge is 1.98. The van der Waals surface area contributed by atoms with E-state index in [9.17, 15) is 0 Å². The Kier molecular flexibility index (Phi) is 8.96. The van der Waals surface area contributed by atoms with Crippen molar-refractivity contribution in [1.29, 1.82) is 0 Å². The predicted molar refractivity (Wildman–Crippen MR) is 105 cm³/mol. The Bertz CT molecular complexity index is 559. The van der Waals surface area contributed by atoms with E-state index in [2.05, 4.69) is 85.1 Å². The molecule has 2 rings (SSSR count). The Morgan fingerprint density at radius 2 is 1.54 bits per heavy atom. The van der Waals surface area contributed by atoms with Gasteiger partial charge in [-0.1, -0.05) is 79.7 Å². The highest BCUT2D eigenvalue weighted by atomic mass is 14.8. The molecule has 0 bridgehead atoms. The molecule has 128 valence electrons. The van der Waals surface area contributed by atoms with E-state index < -0.39 is 0 Å². The minimum absolute atomic E-state index is 0.686. The average Bonchev–Trinajstić information content (AvgIpc) is 2.63. The van der Waals surface area contributed by atoms with Gasteiger partial charge in [0.05, 0.1) is 0 Å². The van der Waals surface area contributed by atoms with Gasteiger partial charge in [0, 0.05) is 6.54 Å². The van der Waals surface area contributed by atoms with Gasteiger partial charge >= 0.3 is 0 Å². The number of hydrogen-bond donors (Lipinski definition) is 1. The van der Waals surface area contributed by atoms with E-state index >= 15 is 0 Å². The molecule has 0 aliphatic carbocycles. The number of rotatable bonds is 11. The highest BCUT2D eigenvalue weighted by molar-refractivity contribution is 5.15. The highest BCUT2D eigenvalue weighted by Crippen LogP contribution is 2.12. The molecule has 0 fully saturated rings. The van der Waals surface area contributed by atoms with Gasteiger partial charge in [-0.05, 0) is 55.7 Å². The molecule has 0 aliphatic heterocycles. The third-order valence-corrected chi connectivity index (χ3v) is 4.33. The maximum Gasteiger partial charge on any atom is 0.0205 e. The minimum Gasteiger partial charge on any atom is -0.313 e. The first kappa shape index (κ1) is 18.5. The maximum absolute atomic E-state index is 3.51. The number of hydrogen-bond acceptors (Lipinski definition) is 1. The number of unbranched alkanes of at least 4 members (excludes halogenated alkanes) is 1. The first-order valence-electron chi connectivity index (χ1n) is 9.30. The van der Waals surface area contributed by atoms with E-state index in [1.165, 1.54) is 43.2 Å². The summed E-state index contributed by atoms with van der Waals surface area (Å²) >= 11 is 0. The topological polar surface area (TPSA) is 12.0 Å². The Balaban J connectivity index is 1.47. The van der Waals surface area contributed by atoms with Gasteiger partial charge < -0.3 is 5.32 Å². The van der Waals surface area contributed by atoms with Crippen LogP contribution in [0.1, 0.15) is 43.7 Å². The molecule has 1 N–H and O–H groups in total. The summed E-state index contributed by atoms with van der Waals surface area (Å²) in [5.41, 5.74) is 2.82. The van der Waals surface area contributed by atoms with Crippen LogP contribution in [0.5, 0.6) is 0 Å². The lowest BCUT2D eigenvalue weighted by Crippen LogP contribution is -2.14. The third-order valence-electron chi connectivity index (χ3n) is 4.33. The monoisotopic (exact) mass is 321 g/mol. The standard InChI is InChI=1S/C23H31N/c1-21(13-11-18-22-14-6-2-7-15-22)12-5-4-10-19-24-20-23-16-8-3-9-17-23/h2-3,5-9,12,14-17,21,24H,4,10-11,13,18-20H2,1H3. The molecule has 0 saturated heterocycles. The van der Waals surface area contributed by atoms with Crippen LogP contribution in [0.3, 0.4) is 0 Å². The van der Waals surface area contributed by atoms with E-state index in [0.29, 0.717) is 5.92 Å². The molecule has 0 aromatic heterocycles. The van der Waals surface area contributed by atoms with Gasteiger partial charge in [-0.15, -0.1) is 0 Å². The average molecular weight is 322 g/mol. The molecule has 1 atom stereocenters. The maximum atomic E-state index is 3.51. The molecule has 24 heavy (non-hydrogen) atoms. The van der Waals surface area contributed by atoms with Crippen molar-refractivity contribution in [2.75, 3.05) is 6.54 Å². The molecule has 0 aliphatic rings. The van der Waals surface area contributed by atoms with Crippen LogP contribution in [-0.4, -0.2) is 6.54 Å². The largest absolute Gasteiger partial charge is 0.313 e. The summed E-state index contributed by atoms with van der Waals surface area (Å²) in [5, 5.41) is 3.51. The van der Waals surface area contributed by atoms with Crippen molar-refractivity contribution in [1.82, 2.24) is 5.32 Å². The van der Waals surface area contributed by atoms with Crippen LogP contribution < -0.4 is 5.32 Å². The fraction of sp³-hybridized carbons (Fsp3) is 0.391. The zero-order chi connectivity index (χ0) is 16.9. The van der Waals surface area contributed by atoms with Gasteiger partial charge in [0.1, 0.15) is 0 Å². The van der Waals surface area contributed by atoms with Gasteiger partial charge in [0.15, 0.2) is 0 Å². The van der Waals surface area contributed by atoms with Crippen LogP contribution in [0.4, 0.5) is 0 Å². The van der Waals surface area contributed by atoms with E-state index in [4.69, 9.17) is 0 Å². The number of allylic oxidation sites excluding steroid dienone is 2. The van der Waals surface area contributed by atoms with Crippen molar-refractivity contribution in [2.24, 2.45) is 5.92 Å². The van der Waals surface area contributed by atoms with Crippen molar-refractivity contribution < 1.29 is 0 Å². The molecule has 1 heteroatoms. The van der Waals surface area contributed by atoms with E-state index in [-0.39, 0.29) is 0 Å². The number of aryl methyl sites for hydroxylation is 1. The van der Waals surface area contributed by atoms with Gasteiger partial charge in [-0.3, -0.25) is 0 Å². The summed E-state index contributed by atoms with van der Waals surface area (Å²) in [6, 6.07) is 21.4. The first-order chi connectivity index (χ1) is 11.8. The van der Waals surface area contributed by atoms with Crippen LogP contribution in [0.15, 0.2) is 72.8 Å². The van der Waals surface area contributed by atoms with Crippen LogP contribution in [0.25, 0.3) is 0 Å². The predicted octanol–water partition coefficient (Wildman–Crippen LogP) is 5.77. The molecule has 2 aromatic rings. The molecule has 2 aromatic carbocycles. The molecule has 0 saturated carbocycles. The third kappa shape index (κ3) is 8.12. The molecule has 0 radical (unpaired) electrons. The number of nitrogens with one attached hydrogen (secondary N) is 1. The van der Waals surface area contributed by atoms with E-state index in [1.807, 2.05) is 0 Å². The van der Waals surface area contributed by atoms with Crippen molar-refractivity contribution in [3.8, 4) is 0 Å². The van der Waals surface area contributed by atoms with Crippen LogP contribution >= 0.6 is 0 Å². The second-order valence-corrected chi connectivity index (χ2v) is 6.59. The number of benzene rings is 2. The fourth-order valence-electron chi connectivity index (χ4n) is 2.87. The smallest absolute Gasteiger partial charge is 0.0205 e. The Hall–Kier alpha value is -1.86. The van der Waals surface area contributed by atoms with Gasteiger partial charge in [-0.2, -0.15) is 0 Å². The summed E-state index contributed by atoms with van der Waals surface area (Å²) in [4.78, 5) is 0. The molecular formula is C23H31N. The van der Waals surface area contributed by atoms with Crippen molar-refractivity contribution >= 4 is 0 Å². The zero-order valence-corrected chi connectivity index (χ0v) is 15.0. The van der Waals surface area contributed by atoms with Gasteiger partial charge in [-0.25, -0.2) is 0 Å².